The van der Waals surface area contributed by atoms with Gasteiger partial charge in [0.2, 0.25) is 11.8 Å². The van der Waals surface area contributed by atoms with E-state index in [0.29, 0.717) is 12.0 Å². The Morgan fingerprint density at radius 3 is 2.48 bits per heavy atom. The number of esters is 1. The second-order valence-corrected chi connectivity index (χ2v) is 7.14. The lowest BCUT2D eigenvalue weighted by Gasteiger charge is -2.15. The fourth-order valence-corrected chi connectivity index (χ4v) is 3.69. The van der Waals surface area contributed by atoms with E-state index in [1.54, 1.807) is 11.0 Å². The molecule has 5 rings (SSSR count). The molecule has 2 aliphatic heterocycles. The number of ether oxygens (including phenoxy) is 1. The first kappa shape index (κ1) is 17.4. The van der Waals surface area contributed by atoms with E-state index < -0.39 is 5.97 Å². The summed E-state index contributed by atoms with van der Waals surface area (Å²) >= 11 is 0. The van der Waals surface area contributed by atoms with Gasteiger partial charge in [-0.1, -0.05) is 36.4 Å². The van der Waals surface area contributed by atoms with Crippen LogP contribution >= 0.6 is 0 Å². The Morgan fingerprint density at radius 2 is 1.72 bits per heavy atom. The van der Waals surface area contributed by atoms with Gasteiger partial charge >= 0.3 is 5.97 Å². The number of fused-ring (bicyclic) bond motifs is 1. The zero-order chi connectivity index (χ0) is 19.8. The highest BCUT2D eigenvalue weighted by Gasteiger charge is 2.25. The normalized spacial score (nSPS) is 17.9. The van der Waals surface area contributed by atoms with Crippen LogP contribution in [0.25, 0.3) is 16.8 Å². The van der Waals surface area contributed by atoms with Gasteiger partial charge in [0.05, 0.1) is 0 Å². The minimum absolute atomic E-state index is 0.142. The smallest absolute Gasteiger partial charge is 0.363 e. The number of cyclic esters (lactones) is 1. The van der Waals surface area contributed by atoms with Crippen LogP contribution in [0, 0.1) is 0 Å². The summed E-state index contributed by atoms with van der Waals surface area (Å²) in [6.07, 6.45) is 3.21. The lowest BCUT2D eigenvalue weighted by molar-refractivity contribution is -0.130. The highest BCUT2D eigenvalue weighted by Crippen LogP contribution is 2.25. The van der Waals surface area contributed by atoms with E-state index in [0.717, 1.165) is 35.0 Å². The fraction of sp³-hybridized carbons (Fsp3) is 0.125. The number of nitrogens with zero attached hydrogens (tertiary/aromatic N) is 2. The summed E-state index contributed by atoms with van der Waals surface area (Å²) in [4.78, 5) is 30.3. The van der Waals surface area contributed by atoms with Gasteiger partial charge in [0, 0.05) is 24.2 Å². The van der Waals surface area contributed by atoms with Crippen LogP contribution in [0.1, 0.15) is 24.0 Å². The lowest BCUT2D eigenvalue weighted by Crippen LogP contribution is -2.23. The van der Waals surface area contributed by atoms with Gasteiger partial charge in [-0.3, -0.25) is 4.79 Å². The summed E-state index contributed by atoms with van der Waals surface area (Å²) in [7, 11) is 0. The van der Waals surface area contributed by atoms with E-state index >= 15 is 0 Å². The molecule has 3 aromatic carbocycles. The summed E-state index contributed by atoms with van der Waals surface area (Å²) in [5.41, 5.74) is 2.72. The van der Waals surface area contributed by atoms with Crippen LogP contribution in [-0.4, -0.2) is 24.3 Å². The SMILES string of the molecule is O=C1OC(c2ccc(N3CCCC3=O)cc2)=N/C1=C\c1ccc2ccccc2c1. The van der Waals surface area contributed by atoms with Gasteiger partial charge < -0.3 is 9.64 Å². The summed E-state index contributed by atoms with van der Waals surface area (Å²) in [5, 5.41) is 2.24. The maximum atomic E-state index is 12.3. The van der Waals surface area contributed by atoms with Crippen molar-refractivity contribution in [1.29, 1.82) is 0 Å². The Bertz CT molecular complexity index is 1190. The van der Waals surface area contributed by atoms with Crippen molar-refractivity contribution in [2.45, 2.75) is 12.8 Å². The Hall–Kier alpha value is -3.73. The molecule has 0 N–H and O–H groups in total. The summed E-state index contributed by atoms with van der Waals surface area (Å²) in [6, 6.07) is 21.4. The van der Waals surface area contributed by atoms with E-state index in [1.165, 1.54) is 0 Å². The minimum Gasteiger partial charge on any atom is -0.402 e. The topological polar surface area (TPSA) is 59.0 Å². The number of aliphatic imine (C=N–C) groups is 1. The Kier molecular flexibility index (Phi) is 4.21. The molecule has 0 atom stereocenters. The summed E-state index contributed by atoms with van der Waals surface area (Å²) in [5.74, 6) is -0.0451. The van der Waals surface area contributed by atoms with E-state index in [4.69, 9.17) is 4.74 Å². The second-order valence-electron chi connectivity index (χ2n) is 7.14. The van der Waals surface area contributed by atoms with Gasteiger partial charge in [-0.25, -0.2) is 9.79 Å². The number of hydrogen-bond donors (Lipinski definition) is 0. The van der Waals surface area contributed by atoms with Crippen molar-refractivity contribution in [1.82, 2.24) is 0 Å². The van der Waals surface area contributed by atoms with Crippen LogP contribution in [0.15, 0.2) is 77.4 Å². The fourth-order valence-electron chi connectivity index (χ4n) is 3.69. The molecule has 3 aromatic rings. The van der Waals surface area contributed by atoms with Crippen molar-refractivity contribution in [2.75, 3.05) is 11.4 Å². The minimum atomic E-state index is -0.466. The maximum absolute atomic E-state index is 12.3. The quantitative estimate of drug-likeness (QED) is 0.501. The lowest BCUT2D eigenvalue weighted by atomic mass is 10.1. The number of rotatable bonds is 3. The first-order valence-electron chi connectivity index (χ1n) is 9.59. The zero-order valence-corrected chi connectivity index (χ0v) is 15.7. The Labute approximate surface area is 167 Å². The number of carbonyl (C=O) groups is 2. The van der Waals surface area contributed by atoms with E-state index in [9.17, 15) is 9.59 Å². The van der Waals surface area contributed by atoms with Gasteiger partial charge in [0.15, 0.2) is 5.70 Å². The molecule has 5 heteroatoms. The van der Waals surface area contributed by atoms with E-state index in [2.05, 4.69) is 4.99 Å². The Balaban J connectivity index is 1.41. The van der Waals surface area contributed by atoms with Gasteiger partial charge in [-0.2, -0.15) is 0 Å². The van der Waals surface area contributed by atoms with Crippen molar-refractivity contribution in [3.8, 4) is 0 Å². The van der Waals surface area contributed by atoms with Gasteiger partial charge in [-0.15, -0.1) is 0 Å². The molecule has 1 fully saturated rings. The van der Waals surface area contributed by atoms with Gasteiger partial charge in [0.1, 0.15) is 0 Å². The molecule has 0 unspecified atom stereocenters. The maximum Gasteiger partial charge on any atom is 0.363 e. The molecular weight excluding hydrogens is 364 g/mol. The average Bonchev–Trinajstić information content (AvgIpc) is 3.34. The van der Waals surface area contributed by atoms with Crippen molar-refractivity contribution < 1.29 is 14.3 Å². The predicted molar refractivity (Wildman–Crippen MR) is 113 cm³/mol. The van der Waals surface area contributed by atoms with Crippen LogP contribution in [0.2, 0.25) is 0 Å². The summed E-state index contributed by atoms with van der Waals surface area (Å²) in [6.45, 7) is 0.743. The summed E-state index contributed by atoms with van der Waals surface area (Å²) < 4.78 is 5.37. The zero-order valence-electron chi connectivity index (χ0n) is 15.7. The second kappa shape index (κ2) is 7.02. The molecule has 2 aliphatic rings. The molecule has 5 nitrogen and oxygen atoms in total. The van der Waals surface area contributed by atoms with Crippen LogP contribution in [0.3, 0.4) is 0 Å². The highest BCUT2D eigenvalue weighted by atomic mass is 16.6. The number of anilines is 1. The van der Waals surface area contributed by atoms with E-state index in [1.807, 2.05) is 66.7 Å². The molecule has 0 aliphatic carbocycles. The largest absolute Gasteiger partial charge is 0.402 e. The molecule has 142 valence electrons. The molecule has 2 heterocycles. The molecular formula is C24H18N2O3. The molecule has 0 saturated carbocycles. The van der Waals surface area contributed by atoms with Crippen LogP contribution in [0.5, 0.6) is 0 Å². The van der Waals surface area contributed by atoms with Crippen molar-refractivity contribution in [3.63, 3.8) is 0 Å². The van der Waals surface area contributed by atoms with Crippen LogP contribution in [0.4, 0.5) is 5.69 Å². The highest BCUT2D eigenvalue weighted by molar-refractivity contribution is 6.13. The van der Waals surface area contributed by atoms with Gasteiger partial charge in [0.25, 0.3) is 0 Å². The first-order chi connectivity index (χ1) is 14.2. The average molecular weight is 382 g/mol. The molecule has 0 aromatic heterocycles. The third-order valence-electron chi connectivity index (χ3n) is 5.20. The third kappa shape index (κ3) is 3.31. The molecule has 1 amide bonds. The standard InChI is InChI=1S/C24H18N2O3/c27-22-6-3-13-26(22)20-11-9-18(10-12-20)23-25-21(24(28)29-23)15-16-7-8-17-4-1-2-5-19(17)14-16/h1-2,4-5,7-12,14-15H,3,6,13H2/b21-15-. The van der Waals surface area contributed by atoms with Crippen LogP contribution in [-0.2, 0) is 14.3 Å². The molecule has 0 bridgehead atoms. The van der Waals surface area contributed by atoms with Crippen molar-refractivity contribution >= 4 is 40.3 Å². The number of benzene rings is 3. The van der Waals surface area contributed by atoms with Crippen LogP contribution < -0.4 is 4.90 Å². The Morgan fingerprint density at radius 1 is 0.931 bits per heavy atom. The van der Waals surface area contributed by atoms with Crippen molar-refractivity contribution in [3.05, 3.63) is 83.6 Å². The number of amides is 1. The third-order valence-corrected chi connectivity index (χ3v) is 5.20. The number of carbonyl (C=O) groups excluding carboxylic acids is 2. The molecule has 0 radical (unpaired) electrons. The molecule has 1 saturated heterocycles. The van der Waals surface area contributed by atoms with E-state index in [-0.39, 0.29) is 17.5 Å². The number of hydrogen-bond acceptors (Lipinski definition) is 4. The molecule has 29 heavy (non-hydrogen) atoms. The van der Waals surface area contributed by atoms with Crippen molar-refractivity contribution in [2.24, 2.45) is 4.99 Å². The predicted octanol–water partition coefficient (Wildman–Crippen LogP) is 4.31. The first-order valence-corrected chi connectivity index (χ1v) is 9.59. The van der Waals surface area contributed by atoms with Gasteiger partial charge in [-0.05, 0) is 59.2 Å². The molecule has 0 spiro atoms. The monoisotopic (exact) mass is 382 g/mol.